The van der Waals surface area contributed by atoms with Crippen molar-refractivity contribution in [3.05, 3.63) is 29.8 Å². The first kappa shape index (κ1) is 17.5. The number of hydrogen-bond donors (Lipinski definition) is 2. The minimum absolute atomic E-state index is 0.00496. The topological polar surface area (TPSA) is 61.4 Å². The molecule has 5 heteroatoms. The Balaban J connectivity index is 2.02. The van der Waals surface area contributed by atoms with Crippen molar-refractivity contribution in [2.45, 2.75) is 32.6 Å². The normalized spacial score (nSPS) is 18.4. The van der Waals surface area contributed by atoms with Crippen molar-refractivity contribution in [2.24, 2.45) is 5.92 Å². The van der Waals surface area contributed by atoms with Crippen molar-refractivity contribution in [1.82, 2.24) is 10.2 Å². The lowest BCUT2D eigenvalue weighted by molar-refractivity contribution is -0.121. The van der Waals surface area contributed by atoms with Gasteiger partial charge in [-0.25, -0.2) is 0 Å². The second-order valence-corrected chi connectivity index (χ2v) is 6.25. The zero-order valence-corrected chi connectivity index (χ0v) is 14.1. The maximum atomic E-state index is 12.5. The highest BCUT2D eigenvalue weighted by Crippen LogP contribution is 2.20. The fraction of sp³-hybridized carbons (Fsp3) is 0.556. The number of nitrogens with one attached hydrogen (secondary N) is 2. The van der Waals surface area contributed by atoms with Crippen molar-refractivity contribution in [3.8, 4) is 0 Å². The Morgan fingerprint density at radius 2 is 2.09 bits per heavy atom. The number of amides is 2. The molecule has 5 nitrogen and oxygen atoms in total. The van der Waals surface area contributed by atoms with Crippen LogP contribution in [-0.4, -0.2) is 43.4 Å². The Hall–Kier alpha value is -1.88. The van der Waals surface area contributed by atoms with Crippen LogP contribution >= 0.6 is 0 Å². The average Bonchev–Trinajstić information content (AvgIpc) is 2.55. The molecule has 1 aromatic carbocycles. The predicted molar refractivity (Wildman–Crippen MR) is 92.5 cm³/mol. The second kappa shape index (κ2) is 8.67. The summed E-state index contributed by atoms with van der Waals surface area (Å²) < 4.78 is 0. The van der Waals surface area contributed by atoms with Crippen LogP contribution in [0.25, 0.3) is 0 Å². The van der Waals surface area contributed by atoms with E-state index in [1.807, 2.05) is 19.2 Å². The van der Waals surface area contributed by atoms with E-state index in [2.05, 4.69) is 22.5 Å². The fourth-order valence-corrected chi connectivity index (χ4v) is 2.88. The molecule has 0 saturated carbocycles. The van der Waals surface area contributed by atoms with Crippen LogP contribution in [0.5, 0.6) is 0 Å². The van der Waals surface area contributed by atoms with Gasteiger partial charge in [-0.1, -0.05) is 25.5 Å². The summed E-state index contributed by atoms with van der Waals surface area (Å²) in [5, 5.41) is 5.85. The number of carbonyl (C=O) groups is 2. The van der Waals surface area contributed by atoms with Crippen LogP contribution in [-0.2, 0) is 4.79 Å². The molecule has 1 aliphatic rings. The van der Waals surface area contributed by atoms with E-state index < -0.39 is 0 Å². The molecule has 0 radical (unpaired) electrons. The molecular formula is C18H27N3O2. The predicted octanol–water partition coefficient (Wildman–Crippen LogP) is 2.50. The number of nitrogens with zero attached hydrogens (tertiary/aromatic N) is 1. The van der Waals surface area contributed by atoms with Crippen molar-refractivity contribution in [2.75, 3.05) is 32.0 Å². The van der Waals surface area contributed by atoms with Crippen molar-refractivity contribution >= 4 is 17.5 Å². The zero-order chi connectivity index (χ0) is 16.7. The number of unbranched alkanes of at least 4 members (excludes halogenated alkanes) is 1. The van der Waals surface area contributed by atoms with Crippen LogP contribution in [0.3, 0.4) is 0 Å². The second-order valence-electron chi connectivity index (χ2n) is 6.25. The molecule has 23 heavy (non-hydrogen) atoms. The van der Waals surface area contributed by atoms with Crippen LogP contribution in [0.4, 0.5) is 5.69 Å². The quantitative estimate of drug-likeness (QED) is 0.793. The summed E-state index contributed by atoms with van der Waals surface area (Å²) in [4.78, 5) is 26.9. The van der Waals surface area contributed by atoms with E-state index in [9.17, 15) is 9.59 Å². The SMILES string of the molecule is CCCCNC(=O)c1ccccc1NC(=O)[C@@H]1CCCN(C)C1. The Labute approximate surface area is 138 Å². The van der Waals surface area contributed by atoms with E-state index in [0.29, 0.717) is 17.8 Å². The van der Waals surface area contributed by atoms with Gasteiger partial charge in [0.15, 0.2) is 0 Å². The van der Waals surface area contributed by atoms with Gasteiger partial charge in [-0.15, -0.1) is 0 Å². The van der Waals surface area contributed by atoms with Gasteiger partial charge in [0.05, 0.1) is 17.2 Å². The first-order valence-electron chi connectivity index (χ1n) is 8.48. The minimum Gasteiger partial charge on any atom is -0.352 e. The molecule has 1 heterocycles. The molecule has 0 bridgehead atoms. The number of rotatable bonds is 6. The third-order valence-electron chi connectivity index (χ3n) is 4.24. The molecule has 2 N–H and O–H groups in total. The first-order chi connectivity index (χ1) is 11.1. The number of hydrogen-bond acceptors (Lipinski definition) is 3. The van der Waals surface area contributed by atoms with Gasteiger partial charge >= 0.3 is 0 Å². The van der Waals surface area contributed by atoms with Gasteiger partial charge in [0.2, 0.25) is 5.91 Å². The number of likely N-dealkylation sites (tertiary alicyclic amines) is 1. The summed E-state index contributed by atoms with van der Waals surface area (Å²) in [6, 6.07) is 7.20. The number of anilines is 1. The van der Waals surface area contributed by atoms with Crippen LogP contribution in [0.1, 0.15) is 43.0 Å². The van der Waals surface area contributed by atoms with E-state index in [1.54, 1.807) is 12.1 Å². The molecule has 0 aromatic heterocycles. The molecule has 2 amide bonds. The third-order valence-corrected chi connectivity index (χ3v) is 4.24. The van der Waals surface area contributed by atoms with E-state index >= 15 is 0 Å². The minimum atomic E-state index is -0.130. The lowest BCUT2D eigenvalue weighted by Gasteiger charge is -2.28. The van der Waals surface area contributed by atoms with E-state index in [4.69, 9.17) is 0 Å². The third kappa shape index (κ3) is 5.06. The Morgan fingerprint density at radius 1 is 1.30 bits per heavy atom. The zero-order valence-electron chi connectivity index (χ0n) is 14.1. The first-order valence-corrected chi connectivity index (χ1v) is 8.48. The highest BCUT2D eigenvalue weighted by atomic mass is 16.2. The van der Waals surface area contributed by atoms with Crippen LogP contribution in [0.15, 0.2) is 24.3 Å². The molecular weight excluding hydrogens is 290 g/mol. The lowest BCUT2D eigenvalue weighted by Crippen LogP contribution is -2.38. The van der Waals surface area contributed by atoms with Gasteiger partial charge in [-0.2, -0.15) is 0 Å². The van der Waals surface area contributed by atoms with Crippen molar-refractivity contribution in [3.63, 3.8) is 0 Å². The van der Waals surface area contributed by atoms with Crippen LogP contribution in [0, 0.1) is 5.92 Å². The average molecular weight is 317 g/mol. The summed E-state index contributed by atoms with van der Waals surface area (Å²) in [6.45, 7) is 4.56. The summed E-state index contributed by atoms with van der Waals surface area (Å²) in [5.41, 5.74) is 1.13. The van der Waals surface area contributed by atoms with Crippen LogP contribution < -0.4 is 10.6 Å². The Bertz CT molecular complexity index is 545. The molecule has 1 atom stereocenters. The Morgan fingerprint density at radius 3 is 2.83 bits per heavy atom. The van der Waals surface area contributed by atoms with Gasteiger partial charge < -0.3 is 15.5 Å². The Kier molecular flexibility index (Phi) is 6.59. The molecule has 0 spiro atoms. The van der Waals surface area contributed by atoms with Crippen molar-refractivity contribution in [1.29, 1.82) is 0 Å². The molecule has 126 valence electrons. The van der Waals surface area contributed by atoms with Gasteiger partial charge in [0.25, 0.3) is 5.91 Å². The fourth-order valence-electron chi connectivity index (χ4n) is 2.88. The molecule has 2 rings (SSSR count). The van der Waals surface area contributed by atoms with Crippen LogP contribution in [0.2, 0.25) is 0 Å². The van der Waals surface area contributed by atoms with E-state index in [1.165, 1.54) is 0 Å². The smallest absolute Gasteiger partial charge is 0.253 e. The maximum absolute atomic E-state index is 12.5. The summed E-state index contributed by atoms with van der Waals surface area (Å²) in [5.74, 6) is -0.134. The highest BCUT2D eigenvalue weighted by Gasteiger charge is 2.24. The van der Waals surface area contributed by atoms with Gasteiger partial charge in [0, 0.05) is 13.1 Å². The molecule has 1 saturated heterocycles. The van der Waals surface area contributed by atoms with E-state index in [0.717, 1.165) is 38.8 Å². The summed E-state index contributed by atoms with van der Waals surface area (Å²) >= 11 is 0. The van der Waals surface area contributed by atoms with Gasteiger partial charge in [0.1, 0.15) is 0 Å². The standard InChI is InChI=1S/C18H27N3O2/c1-3-4-11-19-18(23)15-9-5-6-10-16(15)20-17(22)14-8-7-12-21(2)13-14/h5-6,9-10,14H,3-4,7-8,11-13H2,1-2H3,(H,19,23)(H,20,22)/t14-/m1/s1. The van der Waals surface area contributed by atoms with Gasteiger partial charge in [-0.05, 0) is 45.0 Å². The van der Waals surface area contributed by atoms with Gasteiger partial charge in [-0.3, -0.25) is 9.59 Å². The van der Waals surface area contributed by atoms with Crippen molar-refractivity contribution < 1.29 is 9.59 Å². The number of benzene rings is 1. The summed E-state index contributed by atoms with van der Waals surface area (Å²) in [7, 11) is 2.04. The molecule has 1 aromatic rings. The lowest BCUT2D eigenvalue weighted by atomic mass is 9.97. The molecule has 1 fully saturated rings. The highest BCUT2D eigenvalue weighted by molar-refractivity contribution is 6.04. The molecule has 0 unspecified atom stereocenters. The largest absolute Gasteiger partial charge is 0.352 e. The monoisotopic (exact) mass is 317 g/mol. The summed E-state index contributed by atoms with van der Waals surface area (Å²) in [6.07, 6.45) is 3.93. The van der Waals surface area contributed by atoms with E-state index in [-0.39, 0.29) is 17.7 Å². The molecule has 1 aliphatic heterocycles. The number of para-hydroxylation sites is 1. The number of piperidine rings is 1. The molecule has 0 aliphatic carbocycles. The number of carbonyl (C=O) groups excluding carboxylic acids is 2. The maximum Gasteiger partial charge on any atom is 0.253 e.